The van der Waals surface area contributed by atoms with E-state index in [2.05, 4.69) is 19.6 Å². The third kappa shape index (κ3) is 6.73. The van der Waals surface area contributed by atoms with E-state index in [4.69, 9.17) is 9.47 Å². The van der Waals surface area contributed by atoms with Crippen molar-refractivity contribution in [3.63, 3.8) is 0 Å². The van der Waals surface area contributed by atoms with Gasteiger partial charge >= 0.3 is 0 Å². The van der Waals surface area contributed by atoms with Crippen molar-refractivity contribution in [1.82, 2.24) is 34.1 Å². The van der Waals surface area contributed by atoms with Gasteiger partial charge in [0.1, 0.15) is 11.5 Å². The number of nitrogens with one attached hydrogen (secondary N) is 1. The van der Waals surface area contributed by atoms with Gasteiger partial charge in [0.2, 0.25) is 5.91 Å². The Bertz CT molecular complexity index is 1840. The normalized spacial score (nSPS) is 18.9. The van der Waals surface area contributed by atoms with Crippen LogP contribution in [-0.4, -0.2) is 91.6 Å². The fourth-order valence-corrected chi connectivity index (χ4v) is 7.58. The molecule has 1 atom stereocenters. The van der Waals surface area contributed by atoms with Gasteiger partial charge in [0.25, 0.3) is 5.91 Å². The van der Waals surface area contributed by atoms with Crippen molar-refractivity contribution in [1.29, 1.82) is 0 Å². The van der Waals surface area contributed by atoms with Crippen LogP contribution in [0, 0.1) is 12.8 Å². The molecule has 5 heterocycles. The fourth-order valence-electron chi connectivity index (χ4n) is 7.58. The molecule has 0 fully saturated rings. The third-order valence-corrected chi connectivity index (χ3v) is 10.2. The average Bonchev–Trinajstić information content (AvgIpc) is 3.86. The number of rotatable bonds is 3. The van der Waals surface area contributed by atoms with E-state index < -0.39 is 0 Å². The monoisotopic (exact) mass is 667 g/mol. The molecule has 1 N–H and O–H groups in total. The van der Waals surface area contributed by atoms with Gasteiger partial charge in [-0.25, -0.2) is 4.98 Å². The first-order valence-corrected chi connectivity index (χ1v) is 17.6. The molecule has 49 heavy (non-hydrogen) atoms. The Kier molecular flexibility index (Phi) is 9.54. The van der Waals surface area contributed by atoms with E-state index in [9.17, 15) is 14.4 Å². The zero-order valence-electron chi connectivity index (χ0n) is 28.4. The molecule has 3 aromatic heterocycles. The number of H-pyrrole nitrogens is 1. The zero-order chi connectivity index (χ0) is 33.9. The number of aromatic nitrogens is 5. The maximum absolute atomic E-state index is 14.2. The maximum Gasteiger partial charge on any atom is 0.270 e. The summed E-state index contributed by atoms with van der Waals surface area (Å²) in [4.78, 5) is 52.8. The molecule has 2 amide bonds. The number of fused-ring (bicyclic) bond motifs is 6. The molecule has 12 nitrogen and oxygen atoms in total. The van der Waals surface area contributed by atoms with Gasteiger partial charge in [-0.2, -0.15) is 5.10 Å². The van der Waals surface area contributed by atoms with Crippen LogP contribution in [-0.2, 0) is 30.7 Å². The Labute approximate surface area is 286 Å². The number of aromatic amines is 1. The van der Waals surface area contributed by atoms with Gasteiger partial charge < -0.3 is 28.8 Å². The van der Waals surface area contributed by atoms with Crippen molar-refractivity contribution in [2.75, 3.05) is 39.9 Å². The summed E-state index contributed by atoms with van der Waals surface area (Å²) in [5.74, 6) is 2.11. The average molecular weight is 668 g/mol. The lowest BCUT2D eigenvalue weighted by Gasteiger charge is -2.30. The van der Waals surface area contributed by atoms with Crippen molar-refractivity contribution in [2.24, 2.45) is 5.92 Å². The van der Waals surface area contributed by atoms with Gasteiger partial charge in [-0.3, -0.25) is 19.1 Å². The smallest absolute Gasteiger partial charge is 0.270 e. The van der Waals surface area contributed by atoms with Gasteiger partial charge in [0, 0.05) is 99.1 Å². The van der Waals surface area contributed by atoms with Crippen LogP contribution in [0.5, 0.6) is 11.5 Å². The van der Waals surface area contributed by atoms with Gasteiger partial charge in [-0.05, 0) is 75.3 Å². The van der Waals surface area contributed by atoms with Gasteiger partial charge in [0.15, 0.2) is 17.3 Å². The molecule has 0 saturated carbocycles. The molecule has 0 spiro atoms. The number of Topliss-reactive ketones (excluding diaryl/α,β-unsaturated/α-hetero) is 1. The molecule has 7 rings (SSSR count). The summed E-state index contributed by atoms with van der Waals surface area (Å²) < 4.78 is 15.9. The maximum atomic E-state index is 14.2. The van der Waals surface area contributed by atoms with Crippen LogP contribution in [0.2, 0.25) is 0 Å². The number of aryl methyl sites for hydroxylation is 2. The van der Waals surface area contributed by atoms with Crippen molar-refractivity contribution >= 4 is 17.6 Å². The molecule has 1 unspecified atom stereocenters. The molecule has 3 aliphatic rings. The predicted octanol–water partition coefficient (Wildman–Crippen LogP) is 4.71. The number of hydrogen-bond acceptors (Lipinski definition) is 7. The molecule has 4 aromatic rings. The zero-order valence-corrected chi connectivity index (χ0v) is 28.4. The summed E-state index contributed by atoms with van der Waals surface area (Å²) in [6, 6.07) is 7.79. The summed E-state index contributed by atoms with van der Waals surface area (Å²) in [6.45, 7) is 5.75. The number of imidazole rings is 1. The third-order valence-electron chi connectivity index (χ3n) is 10.2. The largest absolute Gasteiger partial charge is 0.493 e. The highest BCUT2D eigenvalue weighted by Gasteiger charge is 2.30. The highest BCUT2D eigenvalue weighted by atomic mass is 16.5. The summed E-state index contributed by atoms with van der Waals surface area (Å²) in [7, 11) is 1.62. The highest BCUT2D eigenvalue weighted by Crippen LogP contribution is 2.33. The molecule has 2 bridgehead atoms. The standard InChI is InChI=1S/C37H45N7O5/c1-25-33-29(7-5-8-30(33)45)40-34(25)37(47)43-16-4-3-15-42(36(46)27-12-18-44-28(23-27)11-13-39-44)17-6-22-49-32-24-26(9-10-31(32)48-2)35-38-14-19-41(35)20-21-43/h9-11,13-14,19,24,27,40H,3-8,12,15-18,20-23H2,1-2H3. The van der Waals surface area contributed by atoms with E-state index in [1.165, 1.54) is 0 Å². The lowest BCUT2D eigenvalue weighted by Crippen LogP contribution is -2.41. The van der Waals surface area contributed by atoms with Gasteiger partial charge in [0.05, 0.1) is 13.7 Å². The first-order valence-electron chi connectivity index (χ1n) is 17.6. The number of methoxy groups -OCH3 is 1. The van der Waals surface area contributed by atoms with E-state index in [0.29, 0.717) is 81.3 Å². The van der Waals surface area contributed by atoms with Crippen LogP contribution in [0.4, 0.5) is 0 Å². The van der Waals surface area contributed by atoms with E-state index in [1.54, 1.807) is 19.5 Å². The minimum absolute atomic E-state index is 0.0824. The second kappa shape index (κ2) is 14.3. The second-order valence-electron chi connectivity index (χ2n) is 13.3. The highest BCUT2D eigenvalue weighted by molar-refractivity contribution is 6.04. The van der Waals surface area contributed by atoms with Crippen LogP contribution in [0.15, 0.2) is 42.9 Å². The van der Waals surface area contributed by atoms with Gasteiger partial charge in [-0.1, -0.05) is 0 Å². The Morgan fingerprint density at radius 1 is 0.959 bits per heavy atom. The predicted molar refractivity (Wildman–Crippen MR) is 183 cm³/mol. The van der Waals surface area contributed by atoms with Crippen LogP contribution in [0.3, 0.4) is 0 Å². The summed E-state index contributed by atoms with van der Waals surface area (Å²) >= 11 is 0. The summed E-state index contributed by atoms with van der Waals surface area (Å²) in [5.41, 5.74) is 4.78. The molecular weight excluding hydrogens is 622 g/mol. The van der Waals surface area contributed by atoms with Crippen LogP contribution in [0.25, 0.3) is 11.4 Å². The molecule has 2 aliphatic heterocycles. The number of amides is 2. The molecular formula is C37H45N7O5. The van der Waals surface area contributed by atoms with E-state index in [1.807, 2.05) is 51.9 Å². The second-order valence-corrected chi connectivity index (χ2v) is 13.3. The first-order chi connectivity index (χ1) is 23.9. The lowest BCUT2D eigenvalue weighted by atomic mass is 9.93. The minimum Gasteiger partial charge on any atom is -0.493 e. The number of benzene rings is 1. The van der Waals surface area contributed by atoms with E-state index >= 15 is 0 Å². The van der Waals surface area contributed by atoms with Gasteiger partial charge in [-0.15, -0.1) is 0 Å². The SMILES string of the molecule is COc1ccc2cc1OCCCN(C(=O)C1CCn3nccc3C1)CCCCN(C(=O)c1[nH]c3c(c1C)C(=O)CCC3)CCn1ccnc1-2. The number of nitrogens with zero attached hydrogens (tertiary/aromatic N) is 6. The topological polar surface area (TPSA) is 128 Å². The molecule has 0 radical (unpaired) electrons. The van der Waals surface area contributed by atoms with Crippen LogP contribution >= 0.6 is 0 Å². The van der Waals surface area contributed by atoms with Crippen molar-refractivity contribution in [3.8, 4) is 22.9 Å². The van der Waals surface area contributed by atoms with E-state index in [-0.39, 0.29) is 23.5 Å². The van der Waals surface area contributed by atoms with Crippen molar-refractivity contribution in [3.05, 3.63) is 71.1 Å². The number of ketones is 1. The molecule has 12 heteroatoms. The molecule has 1 aromatic carbocycles. The van der Waals surface area contributed by atoms with Crippen LogP contribution < -0.4 is 9.47 Å². The Hall–Kier alpha value is -4.87. The molecule has 1 aliphatic carbocycles. The summed E-state index contributed by atoms with van der Waals surface area (Å²) in [5, 5.41) is 4.38. The summed E-state index contributed by atoms with van der Waals surface area (Å²) in [6.07, 6.45) is 11.2. The fraction of sp³-hybridized carbons (Fsp3) is 0.486. The lowest BCUT2D eigenvalue weighted by molar-refractivity contribution is -0.136. The quantitative estimate of drug-likeness (QED) is 0.335. The van der Waals surface area contributed by atoms with E-state index in [0.717, 1.165) is 67.0 Å². The number of hydrogen-bond donors (Lipinski definition) is 1. The molecule has 0 saturated heterocycles. The van der Waals surface area contributed by atoms with Crippen molar-refractivity contribution < 1.29 is 23.9 Å². The Morgan fingerprint density at radius 2 is 1.80 bits per heavy atom. The number of ether oxygens (including phenoxy) is 2. The van der Waals surface area contributed by atoms with Crippen molar-refractivity contribution in [2.45, 2.75) is 71.4 Å². The number of carbonyl (C=O) groups excluding carboxylic acids is 3. The molecule has 258 valence electrons. The minimum atomic E-state index is -0.105. The Balaban J connectivity index is 1.15. The first kappa shape index (κ1) is 32.7. The number of carbonyl (C=O) groups is 3. The Morgan fingerprint density at radius 3 is 2.63 bits per heavy atom. The van der Waals surface area contributed by atoms with Crippen LogP contribution in [0.1, 0.15) is 76.3 Å².